The number of benzene rings is 2. The molecule has 0 bridgehead atoms. The zero-order valence-corrected chi connectivity index (χ0v) is 18.6. The van der Waals surface area contributed by atoms with Crippen molar-refractivity contribution in [3.63, 3.8) is 0 Å². The van der Waals surface area contributed by atoms with Crippen LogP contribution in [0, 0.1) is 0 Å². The van der Waals surface area contributed by atoms with E-state index in [1.165, 1.54) is 6.07 Å². The number of aromatic nitrogens is 1. The number of methoxy groups -OCH3 is 1. The second-order valence-electron chi connectivity index (χ2n) is 8.58. The molecule has 0 atom stereocenters. The number of pyridine rings is 1. The number of hydrogen-bond donors (Lipinski definition) is 1. The van der Waals surface area contributed by atoms with Crippen molar-refractivity contribution in [2.24, 2.45) is 0 Å². The Bertz CT molecular complexity index is 1170. The normalized spacial score (nSPS) is 16.7. The molecule has 1 aliphatic heterocycles. The molecule has 1 saturated carbocycles. The highest BCUT2D eigenvalue weighted by molar-refractivity contribution is 5.97. The Labute approximate surface area is 192 Å². The van der Waals surface area contributed by atoms with Gasteiger partial charge in [-0.1, -0.05) is 60.7 Å². The van der Waals surface area contributed by atoms with Crippen LogP contribution in [0.3, 0.4) is 0 Å². The van der Waals surface area contributed by atoms with Crippen LogP contribution in [-0.2, 0) is 4.74 Å². The van der Waals surface area contributed by atoms with Gasteiger partial charge in [0, 0.05) is 25.9 Å². The average Bonchev–Trinajstić information content (AvgIpc) is 2.82. The molecule has 33 heavy (non-hydrogen) atoms. The largest absolute Gasteiger partial charge is 0.502 e. The van der Waals surface area contributed by atoms with E-state index in [2.05, 4.69) is 29.3 Å². The van der Waals surface area contributed by atoms with Crippen molar-refractivity contribution in [1.82, 2.24) is 9.58 Å². The molecule has 5 rings (SSSR count). The Morgan fingerprint density at radius 1 is 0.970 bits per heavy atom. The third-order valence-corrected chi connectivity index (χ3v) is 6.81. The number of amides is 1. The van der Waals surface area contributed by atoms with Crippen LogP contribution >= 0.6 is 0 Å². The standard InChI is InChI=1S/C26H27N3O4/c1-33-18-17-27-25(32)23-24(31)21(30)13-16-28(23)29(26(27)14-8-15-26)22(19-9-4-2-5-10-19)20-11-6-3-7-12-20/h2-7,9-13,16,22,31H,8,14-15,17-18H2,1H3. The Kier molecular flexibility index (Phi) is 5.42. The molecule has 0 saturated heterocycles. The molecular weight excluding hydrogens is 418 g/mol. The van der Waals surface area contributed by atoms with E-state index in [-0.39, 0.29) is 17.6 Å². The number of fused-ring (bicyclic) bond motifs is 1. The highest BCUT2D eigenvalue weighted by Gasteiger charge is 2.56. The molecule has 1 N–H and O–H groups in total. The van der Waals surface area contributed by atoms with Gasteiger partial charge in [0.2, 0.25) is 5.43 Å². The van der Waals surface area contributed by atoms with E-state index in [9.17, 15) is 14.7 Å². The minimum Gasteiger partial charge on any atom is -0.502 e. The number of aromatic hydroxyl groups is 1. The summed E-state index contributed by atoms with van der Waals surface area (Å²) in [6.07, 6.45) is 4.16. The molecule has 0 radical (unpaired) electrons. The fourth-order valence-corrected chi connectivity index (χ4v) is 5.13. The predicted octanol–water partition coefficient (Wildman–Crippen LogP) is 3.26. The fraction of sp³-hybridized carbons (Fsp3) is 0.308. The lowest BCUT2D eigenvalue weighted by Gasteiger charge is -2.62. The second-order valence-corrected chi connectivity index (χ2v) is 8.58. The van der Waals surface area contributed by atoms with Crippen molar-refractivity contribution in [3.05, 3.63) is 100.0 Å². The van der Waals surface area contributed by atoms with Gasteiger partial charge in [-0.3, -0.25) is 19.3 Å². The van der Waals surface area contributed by atoms with Gasteiger partial charge in [-0.15, -0.1) is 0 Å². The minimum atomic E-state index is -0.597. The Morgan fingerprint density at radius 2 is 1.58 bits per heavy atom. The summed E-state index contributed by atoms with van der Waals surface area (Å²) in [7, 11) is 1.60. The summed E-state index contributed by atoms with van der Waals surface area (Å²) in [6.45, 7) is 0.727. The summed E-state index contributed by atoms with van der Waals surface area (Å²) in [5, 5.41) is 12.9. The Hall–Kier alpha value is -3.58. The number of ether oxygens (including phenoxy) is 1. The van der Waals surface area contributed by atoms with Crippen molar-refractivity contribution in [2.45, 2.75) is 31.0 Å². The van der Waals surface area contributed by atoms with E-state index >= 15 is 0 Å². The van der Waals surface area contributed by atoms with E-state index in [4.69, 9.17) is 4.74 Å². The van der Waals surface area contributed by atoms with Crippen LogP contribution < -0.4 is 10.4 Å². The molecule has 1 aromatic heterocycles. The second kappa shape index (κ2) is 8.41. The number of carbonyl (C=O) groups is 1. The summed E-state index contributed by atoms with van der Waals surface area (Å²) in [6, 6.07) is 21.3. The molecule has 1 amide bonds. The third kappa shape index (κ3) is 3.31. The maximum Gasteiger partial charge on any atom is 0.278 e. The monoisotopic (exact) mass is 445 g/mol. The zero-order valence-electron chi connectivity index (χ0n) is 18.6. The predicted molar refractivity (Wildman–Crippen MR) is 125 cm³/mol. The molecule has 7 heteroatoms. The molecule has 170 valence electrons. The van der Waals surface area contributed by atoms with E-state index in [1.807, 2.05) is 36.4 Å². The number of hydrogen-bond acceptors (Lipinski definition) is 5. The van der Waals surface area contributed by atoms with Gasteiger partial charge in [0.1, 0.15) is 5.66 Å². The first-order valence-corrected chi connectivity index (χ1v) is 11.2. The molecular formula is C26H27N3O4. The summed E-state index contributed by atoms with van der Waals surface area (Å²) in [5.41, 5.74) is 0.940. The smallest absolute Gasteiger partial charge is 0.278 e. The number of nitrogens with zero attached hydrogens (tertiary/aromatic N) is 3. The van der Waals surface area contributed by atoms with Gasteiger partial charge in [-0.25, -0.2) is 0 Å². The van der Waals surface area contributed by atoms with Crippen molar-refractivity contribution in [1.29, 1.82) is 0 Å². The van der Waals surface area contributed by atoms with Gasteiger partial charge in [-0.2, -0.15) is 0 Å². The minimum absolute atomic E-state index is 0.00649. The first-order chi connectivity index (χ1) is 16.1. The zero-order chi connectivity index (χ0) is 23.0. The summed E-state index contributed by atoms with van der Waals surface area (Å²) in [4.78, 5) is 27.8. The lowest BCUT2D eigenvalue weighted by Crippen LogP contribution is -2.74. The van der Waals surface area contributed by atoms with E-state index in [0.29, 0.717) is 13.2 Å². The molecule has 2 aliphatic rings. The molecule has 1 spiro atoms. The van der Waals surface area contributed by atoms with Gasteiger partial charge in [0.05, 0.1) is 12.6 Å². The third-order valence-electron chi connectivity index (χ3n) is 6.81. The summed E-state index contributed by atoms with van der Waals surface area (Å²) in [5.74, 6) is -0.873. The quantitative estimate of drug-likeness (QED) is 0.630. The molecule has 0 unspecified atom stereocenters. The Balaban J connectivity index is 1.79. The average molecular weight is 446 g/mol. The van der Waals surface area contributed by atoms with Crippen molar-refractivity contribution in [2.75, 3.05) is 25.3 Å². The van der Waals surface area contributed by atoms with Gasteiger partial charge in [-0.05, 0) is 30.4 Å². The van der Waals surface area contributed by atoms with Crippen LogP contribution in [0.2, 0.25) is 0 Å². The number of carbonyl (C=O) groups excluding carboxylic acids is 1. The maximum atomic E-state index is 13.7. The summed E-state index contributed by atoms with van der Waals surface area (Å²) < 4.78 is 7.02. The summed E-state index contributed by atoms with van der Waals surface area (Å²) >= 11 is 0. The van der Waals surface area contributed by atoms with Crippen LogP contribution in [0.4, 0.5) is 0 Å². The van der Waals surface area contributed by atoms with E-state index in [1.54, 1.807) is 22.9 Å². The molecule has 3 aromatic rings. The van der Waals surface area contributed by atoms with Gasteiger partial charge in [0.15, 0.2) is 11.4 Å². The van der Waals surface area contributed by atoms with Crippen molar-refractivity contribution < 1.29 is 14.6 Å². The Morgan fingerprint density at radius 3 is 2.09 bits per heavy atom. The number of rotatable bonds is 6. The van der Waals surface area contributed by atoms with Crippen LogP contribution in [0.15, 0.2) is 77.7 Å². The SMILES string of the molecule is COCCN1C(=O)c2c(O)c(=O)ccn2N(C(c2ccccc2)c2ccccc2)C12CCC2. The molecule has 1 aliphatic carbocycles. The maximum absolute atomic E-state index is 13.7. The van der Waals surface area contributed by atoms with Gasteiger partial charge < -0.3 is 14.7 Å². The van der Waals surface area contributed by atoms with Crippen LogP contribution in [0.25, 0.3) is 0 Å². The molecule has 7 nitrogen and oxygen atoms in total. The van der Waals surface area contributed by atoms with E-state index in [0.717, 1.165) is 30.4 Å². The van der Waals surface area contributed by atoms with Crippen molar-refractivity contribution in [3.8, 4) is 5.75 Å². The molecule has 2 aromatic carbocycles. The van der Waals surface area contributed by atoms with Crippen LogP contribution in [-0.4, -0.2) is 46.5 Å². The van der Waals surface area contributed by atoms with E-state index < -0.39 is 16.8 Å². The van der Waals surface area contributed by atoms with Crippen molar-refractivity contribution >= 4 is 5.91 Å². The van der Waals surface area contributed by atoms with Gasteiger partial charge in [0.25, 0.3) is 5.91 Å². The van der Waals surface area contributed by atoms with Crippen LogP contribution in [0.1, 0.15) is 46.9 Å². The first-order valence-electron chi connectivity index (χ1n) is 11.2. The lowest BCUT2D eigenvalue weighted by molar-refractivity contribution is -0.0255. The van der Waals surface area contributed by atoms with Crippen LogP contribution in [0.5, 0.6) is 5.75 Å². The fourth-order valence-electron chi connectivity index (χ4n) is 5.13. The topological polar surface area (TPSA) is 75.0 Å². The first kappa shape index (κ1) is 21.3. The molecule has 1 fully saturated rings. The van der Waals surface area contributed by atoms with Gasteiger partial charge >= 0.3 is 0 Å². The molecule has 2 heterocycles. The lowest BCUT2D eigenvalue weighted by atomic mass is 9.79. The highest BCUT2D eigenvalue weighted by atomic mass is 16.5. The highest BCUT2D eigenvalue weighted by Crippen LogP contribution is 2.48.